The Balaban J connectivity index is 3.09. The molecule has 0 saturated carbocycles. The molecule has 0 aliphatic carbocycles. The van der Waals surface area contributed by atoms with Crippen LogP contribution >= 0.6 is 23.2 Å². The third-order valence-electron chi connectivity index (χ3n) is 2.39. The van der Waals surface area contributed by atoms with Crippen molar-refractivity contribution < 1.29 is 9.47 Å². The van der Waals surface area contributed by atoms with Crippen LogP contribution in [0.25, 0.3) is 0 Å². The van der Waals surface area contributed by atoms with Gasteiger partial charge in [-0.05, 0) is 11.6 Å². The number of halogens is 2. The standard InChI is InChI=1S/C11H15Cl2NO2/c1-15-6-7(5-14)8-3-4-9(16-2)11(13)10(8)12/h3-4,7H,5-6,14H2,1-2H3. The van der Waals surface area contributed by atoms with E-state index in [4.69, 9.17) is 38.4 Å². The molecule has 0 spiro atoms. The maximum Gasteiger partial charge on any atom is 0.138 e. The van der Waals surface area contributed by atoms with E-state index in [0.29, 0.717) is 28.9 Å². The summed E-state index contributed by atoms with van der Waals surface area (Å²) in [7, 11) is 3.18. The van der Waals surface area contributed by atoms with Gasteiger partial charge in [-0.2, -0.15) is 0 Å². The molecule has 0 bridgehead atoms. The van der Waals surface area contributed by atoms with Gasteiger partial charge in [-0.3, -0.25) is 0 Å². The summed E-state index contributed by atoms with van der Waals surface area (Å²) in [6, 6.07) is 3.64. The number of ether oxygens (including phenoxy) is 2. The summed E-state index contributed by atoms with van der Waals surface area (Å²) in [6.45, 7) is 0.967. The Labute approximate surface area is 105 Å². The first kappa shape index (κ1) is 13.6. The summed E-state index contributed by atoms with van der Waals surface area (Å²) < 4.78 is 10.2. The Morgan fingerprint density at radius 1 is 1.25 bits per heavy atom. The number of benzene rings is 1. The summed E-state index contributed by atoms with van der Waals surface area (Å²) in [5.74, 6) is 0.601. The number of nitrogens with two attached hydrogens (primary N) is 1. The molecule has 0 aliphatic heterocycles. The van der Waals surface area contributed by atoms with Crippen LogP contribution < -0.4 is 10.5 Å². The van der Waals surface area contributed by atoms with Crippen LogP contribution in [0.2, 0.25) is 10.0 Å². The highest BCUT2D eigenvalue weighted by Gasteiger charge is 2.17. The Morgan fingerprint density at radius 3 is 2.44 bits per heavy atom. The third kappa shape index (κ3) is 2.80. The highest BCUT2D eigenvalue weighted by molar-refractivity contribution is 6.43. The van der Waals surface area contributed by atoms with Crippen molar-refractivity contribution in [2.75, 3.05) is 27.4 Å². The Kier molecular flexibility index (Phi) is 5.35. The molecule has 0 saturated heterocycles. The minimum absolute atomic E-state index is 0.0425. The highest BCUT2D eigenvalue weighted by atomic mass is 35.5. The average molecular weight is 264 g/mol. The van der Waals surface area contributed by atoms with Crippen LogP contribution in [0.4, 0.5) is 0 Å². The van der Waals surface area contributed by atoms with Crippen LogP contribution in [0, 0.1) is 0 Å². The predicted molar refractivity (Wildman–Crippen MR) is 66.7 cm³/mol. The van der Waals surface area contributed by atoms with Crippen molar-refractivity contribution in [2.45, 2.75) is 5.92 Å². The number of hydrogen-bond acceptors (Lipinski definition) is 3. The van der Waals surface area contributed by atoms with Gasteiger partial charge < -0.3 is 15.2 Å². The van der Waals surface area contributed by atoms with Gasteiger partial charge in [0.2, 0.25) is 0 Å². The third-order valence-corrected chi connectivity index (χ3v) is 3.27. The van der Waals surface area contributed by atoms with Crippen LogP contribution in [0.5, 0.6) is 5.75 Å². The molecule has 1 aromatic rings. The topological polar surface area (TPSA) is 44.5 Å². The number of methoxy groups -OCH3 is 2. The van der Waals surface area contributed by atoms with Gasteiger partial charge >= 0.3 is 0 Å². The molecule has 1 unspecified atom stereocenters. The van der Waals surface area contributed by atoms with E-state index in [2.05, 4.69) is 0 Å². The Hall–Kier alpha value is -0.480. The van der Waals surface area contributed by atoms with Crippen LogP contribution in [0.15, 0.2) is 12.1 Å². The lowest BCUT2D eigenvalue weighted by atomic mass is 10.00. The van der Waals surface area contributed by atoms with E-state index in [1.54, 1.807) is 20.3 Å². The summed E-state index contributed by atoms with van der Waals surface area (Å²) >= 11 is 12.2. The molecular formula is C11H15Cl2NO2. The first-order valence-corrected chi connectivity index (χ1v) is 5.62. The van der Waals surface area contributed by atoms with Crippen LogP contribution in [0.1, 0.15) is 11.5 Å². The van der Waals surface area contributed by atoms with Gasteiger partial charge in [-0.15, -0.1) is 0 Å². The summed E-state index contributed by atoms with van der Waals surface area (Å²) in [4.78, 5) is 0. The zero-order valence-corrected chi connectivity index (χ0v) is 10.8. The van der Waals surface area contributed by atoms with E-state index in [1.165, 1.54) is 0 Å². The van der Waals surface area contributed by atoms with E-state index in [1.807, 2.05) is 6.07 Å². The molecule has 16 heavy (non-hydrogen) atoms. The number of hydrogen-bond donors (Lipinski definition) is 1. The first-order chi connectivity index (χ1) is 7.65. The van der Waals surface area contributed by atoms with Crippen molar-refractivity contribution in [1.82, 2.24) is 0 Å². The van der Waals surface area contributed by atoms with Gasteiger partial charge in [0, 0.05) is 19.6 Å². The lowest BCUT2D eigenvalue weighted by molar-refractivity contribution is 0.181. The molecule has 0 aliphatic rings. The van der Waals surface area contributed by atoms with E-state index >= 15 is 0 Å². The molecule has 0 heterocycles. The van der Waals surface area contributed by atoms with E-state index in [-0.39, 0.29) is 5.92 Å². The average Bonchev–Trinajstić information content (AvgIpc) is 2.30. The maximum absolute atomic E-state index is 6.16. The predicted octanol–water partition coefficient (Wildman–Crippen LogP) is 2.69. The molecule has 3 nitrogen and oxygen atoms in total. The van der Waals surface area contributed by atoms with E-state index in [9.17, 15) is 0 Å². The monoisotopic (exact) mass is 263 g/mol. The molecule has 90 valence electrons. The zero-order chi connectivity index (χ0) is 12.1. The Morgan fingerprint density at radius 2 is 1.94 bits per heavy atom. The molecule has 2 N–H and O–H groups in total. The second-order valence-electron chi connectivity index (χ2n) is 3.37. The lowest BCUT2D eigenvalue weighted by Gasteiger charge is -2.17. The fourth-order valence-corrected chi connectivity index (χ4v) is 2.07. The van der Waals surface area contributed by atoms with E-state index in [0.717, 1.165) is 5.56 Å². The van der Waals surface area contributed by atoms with Gasteiger partial charge in [0.05, 0.1) is 18.7 Å². The van der Waals surface area contributed by atoms with Crippen molar-refractivity contribution >= 4 is 23.2 Å². The molecule has 0 fully saturated rings. The zero-order valence-electron chi connectivity index (χ0n) is 9.30. The number of rotatable bonds is 5. The van der Waals surface area contributed by atoms with Crippen molar-refractivity contribution in [3.8, 4) is 5.75 Å². The molecule has 1 aromatic carbocycles. The van der Waals surface area contributed by atoms with Crippen molar-refractivity contribution in [2.24, 2.45) is 5.73 Å². The molecular weight excluding hydrogens is 249 g/mol. The van der Waals surface area contributed by atoms with Gasteiger partial charge in [-0.1, -0.05) is 29.3 Å². The van der Waals surface area contributed by atoms with Crippen molar-refractivity contribution in [3.63, 3.8) is 0 Å². The second-order valence-corrected chi connectivity index (χ2v) is 4.13. The quantitative estimate of drug-likeness (QED) is 0.889. The Bertz CT molecular complexity index is 358. The fraction of sp³-hybridized carbons (Fsp3) is 0.455. The summed E-state index contributed by atoms with van der Waals surface area (Å²) in [6.07, 6.45) is 0. The second kappa shape index (κ2) is 6.30. The van der Waals surface area contributed by atoms with Crippen LogP contribution in [0.3, 0.4) is 0 Å². The van der Waals surface area contributed by atoms with Gasteiger partial charge in [0.25, 0.3) is 0 Å². The van der Waals surface area contributed by atoms with Gasteiger partial charge in [0.15, 0.2) is 0 Å². The largest absolute Gasteiger partial charge is 0.495 e. The normalized spacial score (nSPS) is 12.6. The molecule has 0 amide bonds. The smallest absolute Gasteiger partial charge is 0.138 e. The lowest BCUT2D eigenvalue weighted by Crippen LogP contribution is -2.17. The van der Waals surface area contributed by atoms with Gasteiger partial charge in [0.1, 0.15) is 10.8 Å². The molecule has 0 radical (unpaired) electrons. The van der Waals surface area contributed by atoms with Crippen LogP contribution in [-0.2, 0) is 4.74 Å². The minimum Gasteiger partial charge on any atom is -0.495 e. The van der Waals surface area contributed by atoms with Gasteiger partial charge in [-0.25, -0.2) is 0 Å². The highest BCUT2D eigenvalue weighted by Crippen LogP contribution is 2.37. The molecule has 0 aromatic heterocycles. The van der Waals surface area contributed by atoms with Crippen LogP contribution in [-0.4, -0.2) is 27.4 Å². The summed E-state index contributed by atoms with van der Waals surface area (Å²) in [5.41, 5.74) is 6.55. The van der Waals surface area contributed by atoms with Crippen molar-refractivity contribution in [3.05, 3.63) is 27.7 Å². The molecule has 5 heteroatoms. The maximum atomic E-state index is 6.16. The molecule has 1 rings (SSSR count). The first-order valence-electron chi connectivity index (χ1n) is 4.86. The van der Waals surface area contributed by atoms with E-state index < -0.39 is 0 Å². The van der Waals surface area contributed by atoms with Crippen molar-refractivity contribution in [1.29, 1.82) is 0 Å². The molecule has 1 atom stereocenters. The fourth-order valence-electron chi connectivity index (χ4n) is 1.51. The SMILES string of the molecule is COCC(CN)c1ccc(OC)c(Cl)c1Cl. The summed E-state index contributed by atoms with van der Waals surface area (Å²) in [5, 5.41) is 0.893. The minimum atomic E-state index is 0.0425.